The van der Waals surface area contributed by atoms with Crippen LogP contribution in [0.1, 0.15) is 28.4 Å². The lowest BCUT2D eigenvalue weighted by atomic mass is 10.00. The van der Waals surface area contributed by atoms with Gasteiger partial charge in [-0.2, -0.15) is 0 Å². The van der Waals surface area contributed by atoms with Crippen LogP contribution in [0.5, 0.6) is 5.75 Å². The summed E-state index contributed by atoms with van der Waals surface area (Å²) in [4.78, 5) is 24.7. The van der Waals surface area contributed by atoms with Crippen LogP contribution < -0.4 is 15.7 Å². The van der Waals surface area contributed by atoms with Gasteiger partial charge in [-0.3, -0.25) is 4.79 Å². The van der Waals surface area contributed by atoms with Crippen LogP contribution >= 0.6 is 0 Å². The Labute approximate surface area is 142 Å². The van der Waals surface area contributed by atoms with E-state index in [0.29, 0.717) is 35.3 Å². The fraction of sp³-hybridized carbons (Fsp3) is 0.158. The molecule has 5 nitrogen and oxygen atoms in total. The Bertz CT molecular complexity index is 1030. The Morgan fingerprint density at radius 1 is 1.16 bits per heavy atom. The van der Waals surface area contributed by atoms with Gasteiger partial charge in [0.1, 0.15) is 22.7 Å². The van der Waals surface area contributed by atoms with Crippen molar-refractivity contribution in [2.75, 3.05) is 6.61 Å². The lowest BCUT2D eigenvalue weighted by molar-refractivity contribution is 0.0921. The molecule has 1 aromatic heterocycles. The molecular weight excluding hydrogens is 325 g/mol. The van der Waals surface area contributed by atoms with Gasteiger partial charge >= 0.3 is 5.63 Å². The molecule has 0 bridgehead atoms. The van der Waals surface area contributed by atoms with Crippen LogP contribution in [0, 0.1) is 5.82 Å². The molecule has 0 fully saturated rings. The minimum absolute atomic E-state index is 0.0804. The number of nitrogens with one attached hydrogen (secondary N) is 1. The number of halogens is 1. The van der Waals surface area contributed by atoms with Crippen molar-refractivity contribution in [3.63, 3.8) is 0 Å². The molecule has 0 aliphatic carbocycles. The number of hydrogen-bond donors (Lipinski definition) is 1. The molecule has 1 aliphatic rings. The van der Waals surface area contributed by atoms with Crippen molar-refractivity contribution in [1.82, 2.24) is 5.32 Å². The zero-order valence-corrected chi connectivity index (χ0v) is 13.1. The molecule has 6 heteroatoms. The molecule has 1 atom stereocenters. The van der Waals surface area contributed by atoms with E-state index < -0.39 is 23.4 Å². The van der Waals surface area contributed by atoms with E-state index >= 15 is 0 Å². The van der Waals surface area contributed by atoms with Gasteiger partial charge < -0.3 is 14.5 Å². The molecule has 1 unspecified atom stereocenters. The van der Waals surface area contributed by atoms with Gasteiger partial charge in [0.2, 0.25) is 0 Å². The lowest BCUT2D eigenvalue weighted by Gasteiger charge is -2.26. The van der Waals surface area contributed by atoms with Crippen LogP contribution in [-0.2, 0) is 0 Å². The topological polar surface area (TPSA) is 68.5 Å². The van der Waals surface area contributed by atoms with E-state index in [0.717, 1.165) is 0 Å². The molecule has 1 N–H and O–H groups in total. The highest BCUT2D eigenvalue weighted by Gasteiger charge is 2.25. The molecule has 0 saturated heterocycles. The summed E-state index contributed by atoms with van der Waals surface area (Å²) < 4.78 is 24.2. The van der Waals surface area contributed by atoms with E-state index in [9.17, 15) is 14.0 Å². The number of fused-ring (bicyclic) bond motifs is 2. The highest BCUT2D eigenvalue weighted by molar-refractivity contribution is 5.96. The first-order chi connectivity index (χ1) is 12.1. The summed E-state index contributed by atoms with van der Waals surface area (Å²) in [5, 5.41) is 3.44. The van der Waals surface area contributed by atoms with E-state index in [2.05, 4.69) is 5.32 Å². The summed E-state index contributed by atoms with van der Waals surface area (Å²) in [7, 11) is 0. The van der Waals surface area contributed by atoms with Crippen LogP contribution in [0.25, 0.3) is 11.0 Å². The third kappa shape index (κ3) is 2.87. The largest absolute Gasteiger partial charge is 0.493 e. The molecule has 0 saturated carbocycles. The number of amides is 1. The normalized spacial score (nSPS) is 16.1. The van der Waals surface area contributed by atoms with Crippen molar-refractivity contribution in [3.05, 3.63) is 75.9 Å². The van der Waals surface area contributed by atoms with Crippen molar-refractivity contribution < 1.29 is 18.3 Å². The number of ether oxygens (including phenoxy) is 1. The monoisotopic (exact) mass is 339 g/mol. The molecule has 0 radical (unpaired) electrons. The predicted octanol–water partition coefficient (Wildman–Crippen LogP) is 3.19. The summed E-state index contributed by atoms with van der Waals surface area (Å²) in [6.07, 6.45) is 0.487. The van der Waals surface area contributed by atoms with Crippen molar-refractivity contribution in [3.8, 4) is 5.75 Å². The highest BCUT2D eigenvalue weighted by Crippen LogP contribution is 2.32. The second-order valence-corrected chi connectivity index (χ2v) is 5.83. The standard InChI is InChI=1S/C19H14FNO4/c20-12-5-6-17-13(10-12)15(7-8-24-17)21-18(22)14-9-11-3-1-2-4-16(11)25-19(14)23/h1-6,9-10,15H,7-8H2,(H,21,22). The molecular formula is C19H14FNO4. The van der Waals surface area contributed by atoms with Gasteiger partial charge in [-0.25, -0.2) is 9.18 Å². The Kier molecular flexibility index (Phi) is 3.72. The maximum Gasteiger partial charge on any atom is 0.349 e. The maximum absolute atomic E-state index is 13.5. The van der Waals surface area contributed by atoms with Crippen LogP contribution in [0.15, 0.2) is 57.7 Å². The quantitative estimate of drug-likeness (QED) is 0.728. The number of hydrogen-bond acceptors (Lipinski definition) is 4. The number of rotatable bonds is 2. The van der Waals surface area contributed by atoms with E-state index in [4.69, 9.17) is 9.15 Å². The van der Waals surface area contributed by atoms with Crippen LogP contribution in [0.2, 0.25) is 0 Å². The zero-order valence-electron chi connectivity index (χ0n) is 13.1. The van der Waals surface area contributed by atoms with Crippen molar-refractivity contribution >= 4 is 16.9 Å². The summed E-state index contributed by atoms with van der Waals surface area (Å²) in [6.45, 7) is 0.399. The Balaban J connectivity index is 1.67. The minimum atomic E-state index is -0.706. The van der Waals surface area contributed by atoms with Crippen LogP contribution in [0.3, 0.4) is 0 Å². The molecule has 0 spiro atoms. The highest BCUT2D eigenvalue weighted by atomic mass is 19.1. The van der Waals surface area contributed by atoms with E-state index in [1.165, 1.54) is 24.3 Å². The van der Waals surface area contributed by atoms with Crippen molar-refractivity contribution in [2.24, 2.45) is 0 Å². The van der Waals surface area contributed by atoms with Gasteiger partial charge in [0.25, 0.3) is 5.91 Å². The fourth-order valence-corrected chi connectivity index (χ4v) is 2.97. The van der Waals surface area contributed by atoms with E-state index in [-0.39, 0.29) is 5.56 Å². The average Bonchev–Trinajstić information content (AvgIpc) is 2.61. The van der Waals surface area contributed by atoms with Crippen LogP contribution in [0.4, 0.5) is 4.39 Å². The fourth-order valence-electron chi connectivity index (χ4n) is 2.97. The third-order valence-corrected chi connectivity index (χ3v) is 4.20. The average molecular weight is 339 g/mol. The minimum Gasteiger partial charge on any atom is -0.493 e. The zero-order chi connectivity index (χ0) is 17.4. The summed E-state index contributed by atoms with van der Waals surface area (Å²) in [5.41, 5.74) is 0.193. The molecule has 4 rings (SSSR count). The third-order valence-electron chi connectivity index (χ3n) is 4.20. The maximum atomic E-state index is 13.5. The molecule has 1 amide bonds. The second kappa shape index (κ2) is 6.05. The first kappa shape index (κ1) is 15.4. The molecule has 25 heavy (non-hydrogen) atoms. The first-order valence-corrected chi connectivity index (χ1v) is 7.88. The lowest BCUT2D eigenvalue weighted by Crippen LogP contribution is -2.34. The van der Waals surface area contributed by atoms with Gasteiger partial charge in [-0.05, 0) is 30.3 Å². The van der Waals surface area contributed by atoms with E-state index in [1.54, 1.807) is 24.3 Å². The Morgan fingerprint density at radius 2 is 2.00 bits per heavy atom. The van der Waals surface area contributed by atoms with Crippen molar-refractivity contribution in [1.29, 1.82) is 0 Å². The van der Waals surface area contributed by atoms with Gasteiger partial charge in [0.15, 0.2) is 0 Å². The number of benzene rings is 2. The van der Waals surface area contributed by atoms with Gasteiger partial charge in [0, 0.05) is 17.4 Å². The summed E-state index contributed by atoms with van der Waals surface area (Å²) >= 11 is 0. The summed E-state index contributed by atoms with van der Waals surface area (Å²) in [6, 6.07) is 12.2. The van der Waals surface area contributed by atoms with E-state index in [1.807, 2.05) is 0 Å². The van der Waals surface area contributed by atoms with Gasteiger partial charge in [0.05, 0.1) is 12.6 Å². The van der Waals surface area contributed by atoms with Crippen molar-refractivity contribution in [2.45, 2.75) is 12.5 Å². The Morgan fingerprint density at radius 3 is 2.88 bits per heavy atom. The molecule has 3 aromatic rings. The van der Waals surface area contributed by atoms with Gasteiger partial charge in [-0.1, -0.05) is 18.2 Å². The molecule has 1 aliphatic heterocycles. The van der Waals surface area contributed by atoms with Gasteiger partial charge in [-0.15, -0.1) is 0 Å². The first-order valence-electron chi connectivity index (χ1n) is 7.88. The molecule has 2 aromatic carbocycles. The Hall–Kier alpha value is -3.15. The number of carbonyl (C=O) groups excluding carboxylic acids is 1. The second-order valence-electron chi connectivity index (χ2n) is 5.83. The molecule has 126 valence electrons. The molecule has 2 heterocycles. The summed E-state index contributed by atoms with van der Waals surface area (Å²) in [5.74, 6) is -0.432. The number of carbonyl (C=O) groups is 1. The SMILES string of the molecule is O=C(NC1CCOc2ccc(F)cc21)c1cc2ccccc2oc1=O. The smallest absolute Gasteiger partial charge is 0.349 e. The van der Waals surface area contributed by atoms with Crippen LogP contribution in [-0.4, -0.2) is 12.5 Å². The predicted molar refractivity (Wildman–Crippen MR) is 89.2 cm³/mol. The number of para-hydroxylation sites is 1.